The number of hydrogen-bond donors (Lipinski definition) is 2. The molecule has 0 spiro atoms. The quantitative estimate of drug-likeness (QED) is 0.866. The molecule has 0 saturated heterocycles. The molecule has 0 aliphatic heterocycles. The molecule has 6 heteroatoms. The van der Waals surface area contributed by atoms with Crippen molar-refractivity contribution in [1.82, 2.24) is 0 Å². The molecule has 3 amide bonds. The van der Waals surface area contributed by atoms with Crippen LogP contribution in [-0.2, 0) is 14.4 Å². The fraction of sp³-hybridized carbons (Fsp3) is 0.250. The van der Waals surface area contributed by atoms with Gasteiger partial charge in [-0.25, -0.2) is 0 Å². The van der Waals surface area contributed by atoms with Crippen molar-refractivity contribution >= 4 is 34.8 Å². The Kier molecular flexibility index (Phi) is 6.11. The largest absolute Gasteiger partial charge is 0.326 e. The number of carbonyl (C=O) groups is 3. The van der Waals surface area contributed by atoms with Gasteiger partial charge in [-0.15, -0.1) is 0 Å². The molecule has 6 nitrogen and oxygen atoms in total. The second-order valence-corrected chi connectivity index (χ2v) is 6.20. The molecule has 0 bridgehead atoms. The number of aryl methyl sites for hydroxylation is 2. The monoisotopic (exact) mass is 353 g/mol. The molecule has 0 aliphatic carbocycles. The van der Waals surface area contributed by atoms with Crippen molar-refractivity contribution in [2.75, 3.05) is 22.1 Å². The summed E-state index contributed by atoms with van der Waals surface area (Å²) in [5.41, 5.74) is 3.82. The van der Waals surface area contributed by atoms with Crippen LogP contribution in [0.4, 0.5) is 17.1 Å². The summed E-state index contributed by atoms with van der Waals surface area (Å²) in [4.78, 5) is 37.1. The highest BCUT2D eigenvalue weighted by molar-refractivity contribution is 6.02. The van der Waals surface area contributed by atoms with Gasteiger partial charge in [-0.05, 0) is 49.2 Å². The zero-order valence-electron chi connectivity index (χ0n) is 15.4. The lowest BCUT2D eigenvalue weighted by Gasteiger charge is -2.21. The normalized spacial score (nSPS) is 10.2. The molecule has 0 aliphatic rings. The maximum Gasteiger partial charge on any atom is 0.244 e. The number of nitrogens with zero attached hydrogens (tertiary/aromatic N) is 1. The van der Waals surface area contributed by atoms with E-state index in [4.69, 9.17) is 0 Å². The number of benzene rings is 2. The minimum atomic E-state index is -0.293. The van der Waals surface area contributed by atoms with Crippen LogP contribution < -0.4 is 15.5 Å². The van der Waals surface area contributed by atoms with Gasteiger partial charge in [-0.3, -0.25) is 14.4 Å². The van der Waals surface area contributed by atoms with Crippen LogP contribution in [0.1, 0.15) is 25.0 Å². The summed E-state index contributed by atoms with van der Waals surface area (Å²) in [6, 6.07) is 12.6. The van der Waals surface area contributed by atoms with Crippen molar-refractivity contribution in [3.05, 3.63) is 53.6 Å². The standard InChI is InChI=1S/C20H23N3O3/c1-13-8-9-14(2)19(10-13)22-20(26)12-23(16(4)25)18-7-5-6-17(11-18)21-15(3)24/h5-11H,12H2,1-4H3,(H,21,24)(H,22,26). The van der Waals surface area contributed by atoms with Gasteiger partial charge in [0.05, 0.1) is 0 Å². The minimum Gasteiger partial charge on any atom is -0.326 e. The highest BCUT2D eigenvalue weighted by Gasteiger charge is 2.17. The van der Waals surface area contributed by atoms with E-state index in [1.807, 2.05) is 32.0 Å². The van der Waals surface area contributed by atoms with Crippen LogP contribution in [0.25, 0.3) is 0 Å². The average Bonchev–Trinajstić information content (AvgIpc) is 2.55. The molecule has 0 saturated carbocycles. The van der Waals surface area contributed by atoms with Gasteiger partial charge in [0.25, 0.3) is 0 Å². The van der Waals surface area contributed by atoms with Gasteiger partial charge in [0, 0.05) is 30.9 Å². The fourth-order valence-corrected chi connectivity index (χ4v) is 2.54. The Hall–Kier alpha value is -3.15. The fourth-order valence-electron chi connectivity index (χ4n) is 2.54. The van der Waals surface area contributed by atoms with Crippen LogP contribution >= 0.6 is 0 Å². The number of carbonyl (C=O) groups excluding carboxylic acids is 3. The Labute approximate surface area is 153 Å². The van der Waals surface area contributed by atoms with Gasteiger partial charge >= 0.3 is 0 Å². The third kappa shape index (κ3) is 5.17. The van der Waals surface area contributed by atoms with E-state index >= 15 is 0 Å². The van der Waals surface area contributed by atoms with Crippen LogP contribution in [0.5, 0.6) is 0 Å². The van der Waals surface area contributed by atoms with Gasteiger partial charge in [0.15, 0.2) is 0 Å². The first kappa shape index (κ1) is 19.2. The van der Waals surface area contributed by atoms with E-state index in [0.29, 0.717) is 11.4 Å². The van der Waals surface area contributed by atoms with Gasteiger partial charge in [-0.1, -0.05) is 18.2 Å². The zero-order valence-corrected chi connectivity index (χ0v) is 15.4. The molecule has 26 heavy (non-hydrogen) atoms. The zero-order chi connectivity index (χ0) is 19.3. The van der Waals surface area contributed by atoms with Crippen molar-refractivity contribution in [3.63, 3.8) is 0 Å². The topological polar surface area (TPSA) is 78.5 Å². The van der Waals surface area contributed by atoms with Crippen molar-refractivity contribution < 1.29 is 14.4 Å². The SMILES string of the molecule is CC(=O)Nc1cccc(N(CC(=O)Nc2cc(C)ccc2C)C(C)=O)c1. The van der Waals surface area contributed by atoms with E-state index in [1.54, 1.807) is 24.3 Å². The van der Waals surface area contributed by atoms with Crippen LogP contribution in [-0.4, -0.2) is 24.3 Å². The lowest BCUT2D eigenvalue weighted by Crippen LogP contribution is -2.36. The Bertz CT molecular complexity index is 846. The third-order valence-electron chi connectivity index (χ3n) is 3.83. The molecule has 2 aromatic rings. The van der Waals surface area contributed by atoms with Crippen LogP contribution in [0.2, 0.25) is 0 Å². The summed E-state index contributed by atoms with van der Waals surface area (Å²) in [6.07, 6.45) is 0. The van der Waals surface area contributed by atoms with Crippen molar-refractivity contribution in [2.24, 2.45) is 0 Å². The van der Waals surface area contributed by atoms with Crippen LogP contribution in [0, 0.1) is 13.8 Å². The van der Waals surface area contributed by atoms with E-state index in [0.717, 1.165) is 16.8 Å². The maximum absolute atomic E-state index is 12.5. The second kappa shape index (κ2) is 8.29. The lowest BCUT2D eigenvalue weighted by atomic mass is 10.1. The van der Waals surface area contributed by atoms with E-state index in [-0.39, 0.29) is 24.3 Å². The molecule has 0 unspecified atom stereocenters. The number of hydrogen-bond acceptors (Lipinski definition) is 3. The number of anilines is 3. The van der Waals surface area contributed by atoms with Crippen molar-refractivity contribution in [3.8, 4) is 0 Å². The molecule has 2 rings (SSSR count). The Morgan fingerprint density at radius 3 is 2.35 bits per heavy atom. The summed E-state index contributed by atoms with van der Waals surface area (Å²) in [5.74, 6) is -0.760. The van der Waals surface area contributed by atoms with Gasteiger partial charge in [-0.2, -0.15) is 0 Å². The molecule has 0 heterocycles. The highest BCUT2D eigenvalue weighted by atomic mass is 16.2. The average molecular weight is 353 g/mol. The Balaban J connectivity index is 2.17. The first-order valence-electron chi connectivity index (χ1n) is 8.29. The number of amides is 3. The molecule has 2 aromatic carbocycles. The Morgan fingerprint density at radius 2 is 1.69 bits per heavy atom. The predicted molar refractivity (Wildman–Crippen MR) is 103 cm³/mol. The molecule has 0 radical (unpaired) electrons. The smallest absolute Gasteiger partial charge is 0.244 e. The van der Waals surface area contributed by atoms with E-state index in [1.165, 1.54) is 18.7 Å². The molecular formula is C20H23N3O3. The first-order valence-corrected chi connectivity index (χ1v) is 8.29. The number of nitrogens with one attached hydrogen (secondary N) is 2. The van der Waals surface area contributed by atoms with Gasteiger partial charge in [0.2, 0.25) is 17.7 Å². The first-order chi connectivity index (χ1) is 12.3. The second-order valence-electron chi connectivity index (χ2n) is 6.20. The summed E-state index contributed by atoms with van der Waals surface area (Å²) < 4.78 is 0. The molecular weight excluding hydrogens is 330 g/mol. The van der Waals surface area contributed by atoms with Crippen LogP contribution in [0.15, 0.2) is 42.5 Å². The van der Waals surface area contributed by atoms with E-state index in [9.17, 15) is 14.4 Å². The molecule has 0 aromatic heterocycles. The molecule has 2 N–H and O–H groups in total. The highest BCUT2D eigenvalue weighted by Crippen LogP contribution is 2.21. The minimum absolute atomic E-state index is 0.119. The van der Waals surface area contributed by atoms with Crippen molar-refractivity contribution in [1.29, 1.82) is 0 Å². The maximum atomic E-state index is 12.5. The van der Waals surface area contributed by atoms with E-state index in [2.05, 4.69) is 10.6 Å². The van der Waals surface area contributed by atoms with E-state index < -0.39 is 0 Å². The Morgan fingerprint density at radius 1 is 0.962 bits per heavy atom. The molecule has 0 fully saturated rings. The molecule has 0 atom stereocenters. The number of rotatable bonds is 5. The summed E-state index contributed by atoms with van der Waals surface area (Å²) in [5, 5.41) is 5.52. The third-order valence-corrected chi connectivity index (χ3v) is 3.83. The predicted octanol–water partition coefficient (Wildman–Crippen LogP) is 3.25. The molecule has 136 valence electrons. The van der Waals surface area contributed by atoms with Gasteiger partial charge in [0.1, 0.15) is 6.54 Å². The van der Waals surface area contributed by atoms with Crippen LogP contribution in [0.3, 0.4) is 0 Å². The van der Waals surface area contributed by atoms with Gasteiger partial charge < -0.3 is 15.5 Å². The van der Waals surface area contributed by atoms with Crippen molar-refractivity contribution in [2.45, 2.75) is 27.7 Å². The summed E-state index contributed by atoms with van der Waals surface area (Å²) in [7, 11) is 0. The lowest BCUT2D eigenvalue weighted by molar-refractivity contribution is -0.120. The summed E-state index contributed by atoms with van der Waals surface area (Å²) >= 11 is 0. The summed E-state index contributed by atoms with van der Waals surface area (Å²) in [6.45, 7) is 6.55.